The van der Waals surface area contributed by atoms with Gasteiger partial charge in [-0.15, -0.1) is 0 Å². The van der Waals surface area contributed by atoms with E-state index in [0.717, 1.165) is 0 Å². The van der Waals surface area contributed by atoms with Crippen LogP contribution in [0.4, 0.5) is 0 Å². The van der Waals surface area contributed by atoms with Crippen molar-refractivity contribution in [3.63, 3.8) is 0 Å². The van der Waals surface area contributed by atoms with Gasteiger partial charge in [0.15, 0.2) is 11.4 Å². The molecular formula is C12H18N2O11V+. The molecule has 0 saturated carbocycles. The van der Waals surface area contributed by atoms with E-state index in [0.29, 0.717) is 0 Å². The van der Waals surface area contributed by atoms with E-state index in [-0.39, 0.29) is 40.7 Å². The van der Waals surface area contributed by atoms with Gasteiger partial charge in [0, 0.05) is 12.4 Å². The fourth-order valence-electron chi connectivity index (χ4n) is 1.12. The maximum absolute atomic E-state index is 10.2. The Morgan fingerprint density at radius 1 is 0.846 bits per heavy atom. The molecule has 0 saturated heterocycles. The second-order valence-electron chi connectivity index (χ2n) is 3.43. The van der Waals surface area contributed by atoms with E-state index in [1.165, 1.54) is 36.7 Å². The molecule has 2 aromatic rings. The maximum atomic E-state index is 10.2. The molecule has 2 aromatic heterocycles. The van der Waals surface area contributed by atoms with Gasteiger partial charge in [0.2, 0.25) is 0 Å². The molecular weight excluding hydrogens is 399 g/mol. The minimum atomic E-state index is -1.56. The number of carboxylic acids is 2. The summed E-state index contributed by atoms with van der Waals surface area (Å²) in [5.74, 6) is -3.07. The monoisotopic (exact) mass is 417 g/mol. The van der Waals surface area contributed by atoms with E-state index < -0.39 is 28.5 Å². The Kier molecular flexibility index (Phi) is 20.1. The number of carbonyl (C=O) groups is 2. The number of aromatic hydroxyl groups is 2. The second-order valence-corrected chi connectivity index (χ2v) is 3.69. The molecule has 2 heterocycles. The van der Waals surface area contributed by atoms with Gasteiger partial charge in [-0.25, -0.2) is 19.6 Å². The first-order valence-electron chi connectivity index (χ1n) is 5.56. The fraction of sp³-hybridized carbons (Fsp3) is 0. The van der Waals surface area contributed by atoms with E-state index in [2.05, 4.69) is 9.97 Å². The molecule has 0 atom stereocenters. The van der Waals surface area contributed by atoms with E-state index >= 15 is 0 Å². The molecule has 0 unspecified atom stereocenters. The first kappa shape index (κ1) is 30.9. The third kappa shape index (κ3) is 11.6. The van der Waals surface area contributed by atoms with Crippen LogP contribution in [0.25, 0.3) is 0 Å². The molecule has 14 heteroatoms. The van der Waals surface area contributed by atoms with Crippen LogP contribution < -0.4 is 0 Å². The summed E-state index contributed by atoms with van der Waals surface area (Å²) in [6.45, 7) is 0. The number of aromatic nitrogens is 2. The number of hydrogen-bond donors (Lipinski definition) is 5. The predicted molar refractivity (Wildman–Crippen MR) is 80.6 cm³/mol. The van der Waals surface area contributed by atoms with Crippen LogP contribution >= 0.6 is 0 Å². The number of nitrogens with zero attached hydrogens (tertiary/aromatic N) is 2. The Balaban J connectivity index is -0.0000000924. The van der Waals surface area contributed by atoms with Crippen LogP contribution in [0.15, 0.2) is 36.7 Å². The van der Waals surface area contributed by atoms with Crippen molar-refractivity contribution >= 4 is 11.9 Å². The van der Waals surface area contributed by atoms with Gasteiger partial charge in [0.25, 0.3) is 0 Å². The Labute approximate surface area is 154 Å². The Bertz CT molecular complexity index is 634. The van der Waals surface area contributed by atoms with Crippen LogP contribution in [0.5, 0.6) is 11.5 Å². The first-order valence-corrected chi connectivity index (χ1v) is 6.75. The summed E-state index contributed by atoms with van der Waals surface area (Å²) in [5, 5.41) is 34.4. The summed E-state index contributed by atoms with van der Waals surface area (Å²) in [6, 6.07) is 5.47. The molecule has 146 valence electrons. The summed E-state index contributed by atoms with van der Waals surface area (Å²) in [5.41, 5.74) is -0.634. The van der Waals surface area contributed by atoms with Crippen LogP contribution in [0.2, 0.25) is 0 Å². The third-order valence-electron chi connectivity index (χ3n) is 1.98. The van der Waals surface area contributed by atoms with Gasteiger partial charge in [-0.05, 0) is 24.3 Å². The van der Waals surface area contributed by atoms with Gasteiger partial charge in [-0.1, -0.05) is 0 Å². The number of pyridine rings is 2. The molecule has 0 bridgehead atoms. The predicted octanol–water partition coefficient (Wildman–Crippen LogP) is -2.07. The van der Waals surface area contributed by atoms with Crippen LogP contribution in [0.1, 0.15) is 22.4 Å². The Morgan fingerprint density at radius 3 is 1.27 bits per heavy atom. The van der Waals surface area contributed by atoms with Crippen molar-refractivity contribution in [1.82, 2.24) is 9.97 Å². The van der Waals surface area contributed by atoms with Gasteiger partial charge in [-0.3, -0.25) is 0 Å². The molecule has 26 heavy (non-hydrogen) atoms. The van der Waals surface area contributed by atoms with Crippen molar-refractivity contribution in [1.29, 1.82) is 0 Å². The molecule has 0 amide bonds. The number of hydrogen-bond acceptors (Lipinski definition) is 7. The van der Waals surface area contributed by atoms with Crippen molar-refractivity contribution in [2.45, 2.75) is 0 Å². The summed E-state index contributed by atoms with van der Waals surface area (Å²) in [4.78, 5) is 27.3. The fourth-order valence-corrected chi connectivity index (χ4v) is 1.12. The summed E-state index contributed by atoms with van der Waals surface area (Å²) >= 11 is -1.56. The zero-order valence-corrected chi connectivity index (χ0v) is 14.2. The quantitative estimate of drug-likeness (QED) is 0.356. The van der Waals surface area contributed by atoms with Crippen LogP contribution in [-0.2, 0) is 20.3 Å². The molecule has 11 N–H and O–H groups in total. The first-order chi connectivity index (χ1) is 10.8. The van der Waals surface area contributed by atoms with E-state index in [4.69, 9.17) is 28.1 Å². The zero-order valence-electron chi connectivity index (χ0n) is 13.8. The molecule has 0 aromatic carbocycles. The molecule has 0 aliphatic heterocycles. The second kappa shape index (κ2) is 16.9. The number of rotatable bonds is 2. The van der Waals surface area contributed by atoms with Gasteiger partial charge in [0.1, 0.15) is 11.5 Å². The Hall–Kier alpha value is -2.94. The third-order valence-corrected chi connectivity index (χ3v) is 1.98. The molecule has 2 rings (SSSR count). The van der Waals surface area contributed by atoms with Gasteiger partial charge in [0.05, 0.1) is 0 Å². The van der Waals surface area contributed by atoms with Gasteiger partial charge >= 0.3 is 37.7 Å². The van der Waals surface area contributed by atoms with E-state index in [1.807, 2.05) is 0 Å². The molecule has 0 aliphatic rings. The van der Waals surface area contributed by atoms with Crippen LogP contribution in [-0.4, -0.2) is 62.8 Å². The van der Waals surface area contributed by atoms with Crippen LogP contribution in [0.3, 0.4) is 0 Å². The molecule has 0 spiro atoms. The minimum absolute atomic E-state index is 0. The number of aromatic carboxylic acids is 2. The topological polar surface area (TPSA) is 273 Å². The van der Waals surface area contributed by atoms with Gasteiger partial charge in [-0.2, -0.15) is 0 Å². The zero-order chi connectivity index (χ0) is 17.8. The molecule has 0 aliphatic carbocycles. The molecule has 13 nitrogen and oxygen atoms in total. The SMILES string of the molecule is O.O.O.O=C(O)c1ncccc1O.O=C(O)c1ncccc1O.[H+].[O]=[V][OH]. The summed E-state index contributed by atoms with van der Waals surface area (Å²) in [6.07, 6.45) is 2.62. The van der Waals surface area contributed by atoms with Crippen molar-refractivity contribution in [3.05, 3.63) is 48.0 Å². The van der Waals surface area contributed by atoms with Crippen molar-refractivity contribution in [2.75, 3.05) is 0 Å². The van der Waals surface area contributed by atoms with Crippen molar-refractivity contribution < 1.29 is 72.2 Å². The molecule has 0 fully saturated rings. The Morgan fingerprint density at radius 2 is 1.12 bits per heavy atom. The normalized spacial score (nSPS) is 7.58. The summed E-state index contributed by atoms with van der Waals surface area (Å²) < 4.78 is 15.7. The van der Waals surface area contributed by atoms with Gasteiger partial charge < -0.3 is 36.9 Å². The average Bonchev–Trinajstić information content (AvgIpc) is 2.49. The van der Waals surface area contributed by atoms with E-state index in [9.17, 15) is 9.59 Å². The van der Waals surface area contributed by atoms with E-state index in [1.54, 1.807) is 0 Å². The van der Waals surface area contributed by atoms with Crippen molar-refractivity contribution in [3.8, 4) is 11.5 Å². The van der Waals surface area contributed by atoms with Crippen LogP contribution in [0, 0.1) is 0 Å². The molecule has 0 radical (unpaired) electrons. The standard InChI is InChI=1S/2C6H5NO3.4H2O.O.V/c2*8-4-2-1-3-7-5(4)6(9)10;;;;;;/h2*1-3,8H,(H,9,10);4*1H2;;/q;;;;;;;+1. The average molecular weight is 417 g/mol. The number of carboxylic acid groups (broad SMARTS) is 2. The van der Waals surface area contributed by atoms with Crippen molar-refractivity contribution in [2.24, 2.45) is 0 Å². The summed E-state index contributed by atoms with van der Waals surface area (Å²) in [7, 11) is 0.